The molecule has 0 unspecified atom stereocenters. The molecule has 0 aliphatic carbocycles. The van der Waals surface area contributed by atoms with Gasteiger partial charge >= 0.3 is 0 Å². The third-order valence-electron chi connectivity index (χ3n) is 1.50. The molecule has 10 heavy (non-hydrogen) atoms. The van der Waals surface area contributed by atoms with Gasteiger partial charge in [-0.1, -0.05) is 32.6 Å². The highest BCUT2D eigenvalue weighted by atomic mass is 32.1. The first-order chi connectivity index (χ1) is 4.50. The molecule has 0 aromatic heterocycles. The van der Waals surface area contributed by atoms with Gasteiger partial charge in [0.2, 0.25) is 0 Å². The molecule has 0 fully saturated rings. The van der Waals surface area contributed by atoms with Gasteiger partial charge in [-0.05, 0) is 0 Å². The lowest BCUT2D eigenvalue weighted by Crippen LogP contribution is -2.32. The number of rotatable bonds is 4. The largest absolute Gasteiger partial charge is 0.402 e. The number of hydrogen-bond donors (Lipinski definition) is 2. The topological polar surface area (TPSA) is 38.0 Å². The van der Waals surface area contributed by atoms with E-state index in [1.807, 2.05) is 13.8 Å². The van der Waals surface area contributed by atoms with Crippen LogP contribution in [0.4, 0.5) is 0 Å². The second kappa shape index (κ2) is 3.56. The van der Waals surface area contributed by atoms with E-state index < -0.39 is 0 Å². The van der Waals surface area contributed by atoms with E-state index in [4.69, 9.17) is 5.73 Å². The Morgan fingerprint density at radius 2 is 2.30 bits per heavy atom. The minimum Gasteiger partial charge on any atom is -0.402 e. The normalized spacial score (nSPS) is 10.6. The summed E-state index contributed by atoms with van der Waals surface area (Å²) in [6.45, 7) is 8.44. The fourth-order valence-electron chi connectivity index (χ4n) is 0.410. The third-order valence-corrected chi connectivity index (χ3v) is 1.66. The first kappa shape index (κ1) is 9.43. The summed E-state index contributed by atoms with van der Waals surface area (Å²) in [6.07, 6.45) is 0. The standard InChI is InChI=1S/C7H14N2S/c1-6(8)7(2,3)4-9-5-10/h5H,1,4,8H2,2-3H3,(H,9,10). The first-order valence-corrected chi connectivity index (χ1v) is 3.60. The van der Waals surface area contributed by atoms with Gasteiger partial charge in [-0.2, -0.15) is 0 Å². The summed E-state index contributed by atoms with van der Waals surface area (Å²) >= 11 is 4.60. The van der Waals surface area contributed by atoms with E-state index in [9.17, 15) is 0 Å². The third kappa shape index (κ3) is 2.82. The number of nitrogens with two attached hydrogens (primary N) is 1. The van der Waals surface area contributed by atoms with E-state index in [-0.39, 0.29) is 5.41 Å². The van der Waals surface area contributed by atoms with Crippen LogP contribution in [0, 0.1) is 5.41 Å². The zero-order valence-electron chi connectivity index (χ0n) is 6.48. The molecule has 0 aromatic carbocycles. The van der Waals surface area contributed by atoms with Gasteiger partial charge < -0.3 is 11.1 Å². The molecule has 3 heteroatoms. The SMILES string of the molecule is C=C(N)C(C)(C)CNC=S. The molecule has 2 nitrogen and oxygen atoms in total. The van der Waals surface area contributed by atoms with Crippen LogP contribution in [0.1, 0.15) is 13.8 Å². The fourth-order valence-corrected chi connectivity index (χ4v) is 0.494. The van der Waals surface area contributed by atoms with Crippen LogP contribution in [0.3, 0.4) is 0 Å². The molecule has 0 atom stereocenters. The molecule has 0 bridgehead atoms. The van der Waals surface area contributed by atoms with E-state index in [0.717, 1.165) is 6.54 Å². The highest BCUT2D eigenvalue weighted by molar-refractivity contribution is 7.78. The van der Waals surface area contributed by atoms with Crippen molar-refractivity contribution in [2.45, 2.75) is 13.8 Å². The molecule has 3 N–H and O–H groups in total. The number of thiocarbonyl (C=S) groups is 1. The number of hydrogen-bond acceptors (Lipinski definition) is 2. The maximum Gasteiger partial charge on any atom is 0.0615 e. The van der Waals surface area contributed by atoms with E-state index >= 15 is 0 Å². The fraction of sp³-hybridized carbons (Fsp3) is 0.571. The van der Waals surface area contributed by atoms with Crippen LogP contribution in [0.2, 0.25) is 0 Å². The van der Waals surface area contributed by atoms with Gasteiger partial charge in [0.15, 0.2) is 0 Å². The molecule has 0 spiro atoms. The first-order valence-electron chi connectivity index (χ1n) is 3.12. The van der Waals surface area contributed by atoms with Crippen molar-refractivity contribution in [3.05, 3.63) is 12.3 Å². The Bertz CT molecular complexity index is 141. The number of nitrogens with one attached hydrogen (secondary N) is 1. The van der Waals surface area contributed by atoms with Gasteiger partial charge in [0.05, 0.1) is 5.49 Å². The molecular formula is C7H14N2S. The Morgan fingerprint density at radius 3 is 2.60 bits per heavy atom. The molecule has 0 saturated heterocycles. The monoisotopic (exact) mass is 158 g/mol. The molecule has 0 aliphatic heterocycles. The summed E-state index contributed by atoms with van der Waals surface area (Å²) in [5, 5.41) is 2.92. The highest BCUT2D eigenvalue weighted by Gasteiger charge is 2.17. The second-order valence-electron chi connectivity index (χ2n) is 2.91. The molecule has 58 valence electrons. The Balaban J connectivity index is 3.86. The van der Waals surface area contributed by atoms with Crippen LogP contribution < -0.4 is 11.1 Å². The predicted molar refractivity (Wildman–Crippen MR) is 48.8 cm³/mol. The highest BCUT2D eigenvalue weighted by Crippen LogP contribution is 2.18. The predicted octanol–water partition coefficient (Wildman–Crippen LogP) is 1.03. The second-order valence-corrected chi connectivity index (χ2v) is 3.14. The summed E-state index contributed by atoms with van der Waals surface area (Å²) in [4.78, 5) is 0. The Kier molecular flexibility index (Phi) is 3.36. The van der Waals surface area contributed by atoms with E-state index in [1.54, 1.807) is 0 Å². The lowest BCUT2D eigenvalue weighted by atomic mass is 9.90. The van der Waals surface area contributed by atoms with Crippen molar-refractivity contribution in [2.24, 2.45) is 11.1 Å². The van der Waals surface area contributed by atoms with Crippen molar-refractivity contribution in [1.82, 2.24) is 5.32 Å². The Hall–Kier alpha value is -0.570. The molecule has 0 rings (SSSR count). The minimum atomic E-state index is -0.0741. The van der Waals surface area contributed by atoms with E-state index in [0.29, 0.717) is 5.70 Å². The molecule has 0 radical (unpaired) electrons. The van der Waals surface area contributed by atoms with E-state index in [2.05, 4.69) is 24.1 Å². The maximum atomic E-state index is 5.53. The molecule has 0 heterocycles. The molecule has 0 aliphatic rings. The zero-order valence-corrected chi connectivity index (χ0v) is 7.29. The van der Waals surface area contributed by atoms with Gasteiger partial charge in [-0.25, -0.2) is 0 Å². The maximum absolute atomic E-state index is 5.53. The molecule has 0 saturated carbocycles. The summed E-state index contributed by atoms with van der Waals surface area (Å²) in [5.74, 6) is 0. The van der Waals surface area contributed by atoms with Crippen molar-refractivity contribution in [1.29, 1.82) is 0 Å². The van der Waals surface area contributed by atoms with Crippen LogP contribution in [0.25, 0.3) is 0 Å². The Labute approximate surface area is 67.5 Å². The molecule has 0 amide bonds. The van der Waals surface area contributed by atoms with Crippen LogP contribution in [0.15, 0.2) is 12.3 Å². The summed E-state index contributed by atoms with van der Waals surface area (Å²) in [7, 11) is 0. The van der Waals surface area contributed by atoms with Crippen LogP contribution in [-0.4, -0.2) is 12.0 Å². The lowest BCUT2D eigenvalue weighted by Gasteiger charge is -2.23. The van der Waals surface area contributed by atoms with Gasteiger partial charge in [-0.15, -0.1) is 0 Å². The van der Waals surface area contributed by atoms with Gasteiger partial charge in [0.25, 0.3) is 0 Å². The van der Waals surface area contributed by atoms with Gasteiger partial charge in [-0.3, -0.25) is 0 Å². The van der Waals surface area contributed by atoms with Crippen LogP contribution >= 0.6 is 12.2 Å². The average Bonchev–Trinajstić information content (AvgIpc) is 1.84. The summed E-state index contributed by atoms with van der Waals surface area (Å²) in [6, 6.07) is 0. The van der Waals surface area contributed by atoms with Gasteiger partial charge in [0, 0.05) is 17.7 Å². The van der Waals surface area contributed by atoms with Crippen molar-refractivity contribution in [2.75, 3.05) is 6.54 Å². The van der Waals surface area contributed by atoms with Crippen molar-refractivity contribution < 1.29 is 0 Å². The average molecular weight is 158 g/mol. The smallest absolute Gasteiger partial charge is 0.0615 e. The van der Waals surface area contributed by atoms with Crippen molar-refractivity contribution >= 4 is 17.7 Å². The van der Waals surface area contributed by atoms with Crippen molar-refractivity contribution in [3.63, 3.8) is 0 Å². The quantitative estimate of drug-likeness (QED) is 0.600. The molecular weight excluding hydrogens is 144 g/mol. The van der Waals surface area contributed by atoms with Crippen LogP contribution in [0.5, 0.6) is 0 Å². The zero-order chi connectivity index (χ0) is 8.20. The van der Waals surface area contributed by atoms with Crippen molar-refractivity contribution in [3.8, 4) is 0 Å². The van der Waals surface area contributed by atoms with Crippen LogP contribution in [-0.2, 0) is 0 Å². The Morgan fingerprint density at radius 1 is 1.80 bits per heavy atom. The lowest BCUT2D eigenvalue weighted by molar-refractivity contribution is 0.439. The molecule has 0 aromatic rings. The minimum absolute atomic E-state index is 0.0741. The summed E-state index contributed by atoms with van der Waals surface area (Å²) in [5.41, 5.74) is 7.62. The van der Waals surface area contributed by atoms with Gasteiger partial charge in [0.1, 0.15) is 0 Å². The summed E-state index contributed by atoms with van der Waals surface area (Å²) < 4.78 is 0. The van der Waals surface area contributed by atoms with E-state index in [1.165, 1.54) is 5.49 Å².